The van der Waals surface area contributed by atoms with Gasteiger partial charge >= 0.3 is 11.9 Å². The molecule has 0 aliphatic rings. The number of esters is 2. The summed E-state index contributed by atoms with van der Waals surface area (Å²) in [5.41, 5.74) is 1.91. The molecular weight excluding hydrogens is 284 g/mol. The summed E-state index contributed by atoms with van der Waals surface area (Å²) in [7, 11) is 0. The highest BCUT2D eigenvalue weighted by atomic mass is 16.7. The van der Waals surface area contributed by atoms with Crippen molar-refractivity contribution in [3.63, 3.8) is 0 Å². The van der Waals surface area contributed by atoms with Crippen molar-refractivity contribution in [1.29, 1.82) is 0 Å². The first-order chi connectivity index (χ1) is 10.3. The van der Waals surface area contributed by atoms with Gasteiger partial charge in [-0.15, -0.1) is 0 Å². The zero-order valence-corrected chi connectivity index (χ0v) is 13.3. The fraction of sp³-hybridized carbons (Fsp3) is 0.412. The number of aryl methyl sites for hydroxylation is 1. The lowest BCUT2D eigenvalue weighted by Crippen LogP contribution is -2.20. The molecule has 0 aliphatic heterocycles. The smallest absolute Gasteiger partial charge is 0.305 e. The lowest BCUT2D eigenvalue weighted by atomic mass is 9.96. The quantitative estimate of drug-likeness (QED) is 0.497. The molecule has 0 saturated carbocycles. The molecule has 120 valence electrons. The lowest BCUT2D eigenvalue weighted by Gasteiger charge is -2.18. The molecule has 0 heterocycles. The van der Waals surface area contributed by atoms with E-state index in [4.69, 9.17) is 9.47 Å². The van der Waals surface area contributed by atoms with Crippen LogP contribution in [0.2, 0.25) is 0 Å². The van der Waals surface area contributed by atoms with Crippen molar-refractivity contribution in [3.05, 3.63) is 47.5 Å². The molecule has 2 atom stereocenters. The summed E-state index contributed by atoms with van der Waals surface area (Å²) in [5.74, 6) is -1.35. The molecular formula is C17H22O5. The van der Waals surface area contributed by atoms with Gasteiger partial charge < -0.3 is 14.6 Å². The van der Waals surface area contributed by atoms with Gasteiger partial charge in [0.1, 0.15) is 0 Å². The summed E-state index contributed by atoms with van der Waals surface area (Å²) in [6.45, 7) is 6.26. The molecule has 0 amide bonds. The van der Waals surface area contributed by atoms with Gasteiger partial charge in [-0.3, -0.25) is 9.59 Å². The Kier molecular flexibility index (Phi) is 6.79. The molecule has 1 N–H and O–H groups in total. The second-order valence-corrected chi connectivity index (χ2v) is 5.19. The van der Waals surface area contributed by atoms with E-state index in [1.165, 1.54) is 19.9 Å². The fourth-order valence-electron chi connectivity index (χ4n) is 1.87. The van der Waals surface area contributed by atoms with Crippen molar-refractivity contribution < 1.29 is 24.2 Å². The van der Waals surface area contributed by atoms with Gasteiger partial charge in [-0.2, -0.15) is 0 Å². The van der Waals surface area contributed by atoms with Crippen molar-refractivity contribution >= 4 is 11.9 Å². The number of benzene rings is 1. The second kappa shape index (κ2) is 8.34. The van der Waals surface area contributed by atoms with Crippen LogP contribution in [0.1, 0.15) is 38.0 Å². The standard InChI is InChI=1S/C17H22O5/c1-11-5-8-15(9-6-11)17(20)12(2)7-10-16(21-13(3)18)22-14(4)19/h5-10,12,16-17,20H,1-4H3/b10-7+. The van der Waals surface area contributed by atoms with Crippen molar-refractivity contribution in [2.45, 2.75) is 40.1 Å². The number of rotatable bonds is 6. The van der Waals surface area contributed by atoms with E-state index in [-0.39, 0.29) is 5.92 Å². The third kappa shape index (κ3) is 6.10. The van der Waals surface area contributed by atoms with Crippen LogP contribution in [-0.4, -0.2) is 23.3 Å². The molecule has 0 saturated heterocycles. The Morgan fingerprint density at radius 2 is 1.55 bits per heavy atom. The van der Waals surface area contributed by atoms with E-state index in [2.05, 4.69) is 0 Å². The van der Waals surface area contributed by atoms with E-state index >= 15 is 0 Å². The third-order valence-electron chi connectivity index (χ3n) is 3.05. The predicted molar refractivity (Wildman–Crippen MR) is 81.8 cm³/mol. The number of carbonyl (C=O) groups excluding carboxylic acids is 2. The van der Waals surface area contributed by atoms with E-state index < -0.39 is 24.3 Å². The molecule has 0 spiro atoms. The summed E-state index contributed by atoms with van der Waals surface area (Å²) in [6.07, 6.45) is 1.32. The SMILES string of the molecule is CC(=O)OC(/C=C/C(C)C(O)c1ccc(C)cc1)OC(C)=O. The van der Waals surface area contributed by atoms with E-state index in [0.29, 0.717) is 0 Å². The molecule has 5 nitrogen and oxygen atoms in total. The summed E-state index contributed by atoms with van der Waals surface area (Å²) < 4.78 is 9.72. The Bertz CT molecular complexity index is 516. The number of aliphatic hydroxyl groups excluding tert-OH is 1. The zero-order chi connectivity index (χ0) is 16.7. The van der Waals surface area contributed by atoms with E-state index in [0.717, 1.165) is 11.1 Å². The molecule has 0 aromatic heterocycles. The Balaban J connectivity index is 2.73. The molecule has 1 aromatic carbocycles. The maximum atomic E-state index is 11.0. The Morgan fingerprint density at radius 1 is 1.05 bits per heavy atom. The van der Waals surface area contributed by atoms with Crippen molar-refractivity contribution in [2.24, 2.45) is 5.92 Å². The van der Waals surface area contributed by atoms with Crippen LogP contribution in [-0.2, 0) is 19.1 Å². The largest absolute Gasteiger partial charge is 0.421 e. The normalized spacial score (nSPS) is 13.9. The first kappa shape index (κ1) is 17.9. The van der Waals surface area contributed by atoms with Gasteiger partial charge in [-0.05, 0) is 18.6 Å². The average molecular weight is 306 g/mol. The van der Waals surface area contributed by atoms with E-state index in [1.54, 1.807) is 6.08 Å². The molecule has 0 radical (unpaired) electrons. The highest BCUT2D eigenvalue weighted by Gasteiger charge is 2.16. The van der Waals surface area contributed by atoms with Crippen LogP contribution >= 0.6 is 0 Å². The van der Waals surface area contributed by atoms with Crippen LogP contribution in [0.4, 0.5) is 0 Å². The van der Waals surface area contributed by atoms with Crippen LogP contribution in [0, 0.1) is 12.8 Å². The number of ether oxygens (including phenoxy) is 2. The number of hydrogen-bond acceptors (Lipinski definition) is 5. The van der Waals surface area contributed by atoms with Gasteiger partial charge in [0.25, 0.3) is 6.29 Å². The summed E-state index contributed by atoms with van der Waals surface area (Å²) in [6, 6.07) is 7.57. The molecule has 0 bridgehead atoms. The van der Waals surface area contributed by atoms with Gasteiger partial charge in [-0.25, -0.2) is 0 Å². The predicted octanol–water partition coefficient (Wildman–Crippen LogP) is 2.67. The summed E-state index contributed by atoms with van der Waals surface area (Å²) >= 11 is 0. The van der Waals surface area contributed by atoms with Gasteiger partial charge in [-0.1, -0.05) is 42.8 Å². The van der Waals surface area contributed by atoms with Crippen LogP contribution in [0.15, 0.2) is 36.4 Å². The molecule has 22 heavy (non-hydrogen) atoms. The minimum absolute atomic E-state index is 0.240. The highest BCUT2D eigenvalue weighted by Crippen LogP contribution is 2.23. The topological polar surface area (TPSA) is 72.8 Å². The van der Waals surface area contributed by atoms with Crippen molar-refractivity contribution in [3.8, 4) is 0 Å². The Hall–Kier alpha value is -2.14. The first-order valence-electron chi connectivity index (χ1n) is 7.07. The average Bonchev–Trinajstić information content (AvgIpc) is 2.43. The van der Waals surface area contributed by atoms with Crippen molar-refractivity contribution in [1.82, 2.24) is 0 Å². The molecule has 0 aliphatic carbocycles. The molecule has 1 rings (SSSR count). The number of carbonyl (C=O) groups is 2. The highest BCUT2D eigenvalue weighted by molar-refractivity contribution is 5.68. The number of hydrogen-bond donors (Lipinski definition) is 1. The van der Waals surface area contributed by atoms with Crippen LogP contribution in [0.3, 0.4) is 0 Å². The molecule has 2 unspecified atom stereocenters. The third-order valence-corrected chi connectivity index (χ3v) is 3.05. The number of aliphatic hydroxyl groups is 1. The lowest BCUT2D eigenvalue weighted by molar-refractivity contribution is -0.176. The summed E-state index contributed by atoms with van der Waals surface area (Å²) in [5, 5.41) is 10.3. The fourth-order valence-corrected chi connectivity index (χ4v) is 1.87. The van der Waals surface area contributed by atoms with Crippen LogP contribution in [0.25, 0.3) is 0 Å². The van der Waals surface area contributed by atoms with Gasteiger partial charge in [0.15, 0.2) is 0 Å². The zero-order valence-electron chi connectivity index (χ0n) is 13.3. The van der Waals surface area contributed by atoms with E-state index in [9.17, 15) is 14.7 Å². The maximum Gasteiger partial charge on any atom is 0.305 e. The first-order valence-corrected chi connectivity index (χ1v) is 7.07. The monoisotopic (exact) mass is 306 g/mol. The molecule has 0 fully saturated rings. The van der Waals surface area contributed by atoms with E-state index in [1.807, 2.05) is 38.1 Å². The van der Waals surface area contributed by atoms with Crippen LogP contribution in [0.5, 0.6) is 0 Å². The maximum absolute atomic E-state index is 11.0. The minimum Gasteiger partial charge on any atom is -0.421 e. The summed E-state index contributed by atoms with van der Waals surface area (Å²) in [4.78, 5) is 21.9. The molecule has 5 heteroatoms. The second-order valence-electron chi connectivity index (χ2n) is 5.19. The molecule has 1 aromatic rings. The van der Waals surface area contributed by atoms with Gasteiger partial charge in [0, 0.05) is 19.8 Å². The van der Waals surface area contributed by atoms with Crippen LogP contribution < -0.4 is 0 Å². The van der Waals surface area contributed by atoms with Gasteiger partial charge in [0.05, 0.1) is 6.10 Å². The Morgan fingerprint density at radius 3 is 2.00 bits per heavy atom. The van der Waals surface area contributed by atoms with Crippen molar-refractivity contribution in [2.75, 3.05) is 0 Å². The Labute approximate surface area is 130 Å². The minimum atomic E-state index is -1.08. The van der Waals surface area contributed by atoms with Gasteiger partial charge in [0.2, 0.25) is 0 Å².